The summed E-state index contributed by atoms with van der Waals surface area (Å²) in [4.78, 5) is 21.8. The van der Waals surface area contributed by atoms with Crippen molar-refractivity contribution in [2.24, 2.45) is 0 Å². The average Bonchev–Trinajstić information content (AvgIpc) is 2.99. The zero-order valence-electron chi connectivity index (χ0n) is 12.4. The average molecular weight is 406 g/mol. The van der Waals surface area contributed by atoms with Crippen molar-refractivity contribution in [3.05, 3.63) is 36.7 Å². The number of hydrogen-bond acceptors (Lipinski definition) is 5. The molecule has 2 aromatic heterocycles. The molecule has 2 rings (SSSR count). The summed E-state index contributed by atoms with van der Waals surface area (Å²) in [6, 6.07) is 0. The van der Waals surface area contributed by atoms with E-state index in [0.29, 0.717) is 19.5 Å². The quantitative estimate of drug-likeness (QED) is 0.434. The fourth-order valence-corrected chi connectivity index (χ4v) is 2.52. The molecule has 2 heterocycles. The third-order valence-electron chi connectivity index (χ3n) is 3.21. The summed E-state index contributed by atoms with van der Waals surface area (Å²) in [6.07, 6.45) is 0.643. The molecular formula is C12H14BrClN6O3. The fourth-order valence-electron chi connectivity index (χ4n) is 2.00. The van der Waals surface area contributed by atoms with E-state index in [4.69, 9.17) is 11.6 Å². The van der Waals surface area contributed by atoms with Gasteiger partial charge in [0.15, 0.2) is 10.7 Å². The Morgan fingerprint density at radius 3 is 2.74 bits per heavy atom. The summed E-state index contributed by atoms with van der Waals surface area (Å²) in [5, 5.41) is 23.0. The predicted octanol–water partition coefficient (Wildman–Crippen LogP) is 2.37. The first kappa shape index (κ1) is 17.4. The summed E-state index contributed by atoms with van der Waals surface area (Å²) in [7, 11) is 0. The molecule has 0 aliphatic heterocycles. The van der Waals surface area contributed by atoms with Crippen molar-refractivity contribution < 1.29 is 9.72 Å². The molecule has 1 amide bonds. The van der Waals surface area contributed by atoms with Crippen LogP contribution in [0.4, 0.5) is 5.82 Å². The van der Waals surface area contributed by atoms with Gasteiger partial charge in [-0.15, -0.1) is 5.10 Å². The maximum Gasteiger partial charge on any atom is 0.362 e. The van der Waals surface area contributed by atoms with E-state index in [2.05, 4.69) is 36.5 Å². The molecule has 2 N–H and O–H groups in total. The molecule has 0 saturated heterocycles. The number of aromatic amines is 1. The van der Waals surface area contributed by atoms with Crippen molar-refractivity contribution in [3.63, 3.8) is 0 Å². The van der Waals surface area contributed by atoms with Crippen LogP contribution in [0.1, 0.15) is 28.3 Å². The second-order valence-electron chi connectivity index (χ2n) is 4.81. The number of aryl methyl sites for hydroxylation is 2. The smallest absolute Gasteiger partial charge is 0.358 e. The minimum atomic E-state index is -0.729. The number of amides is 1. The number of H-pyrrole nitrogens is 1. The molecule has 0 fully saturated rings. The van der Waals surface area contributed by atoms with Gasteiger partial charge >= 0.3 is 5.82 Å². The zero-order chi connectivity index (χ0) is 17.1. The van der Waals surface area contributed by atoms with Gasteiger partial charge in [-0.1, -0.05) is 16.7 Å². The molecular weight excluding hydrogens is 392 g/mol. The van der Waals surface area contributed by atoms with Gasteiger partial charge in [0, 0.05) is 18.8 Å². The van der Waals surface area contributed by atoms with Gasteiger partial charge in [-0.3, -0.25) is 9.48 Å². The maximum atomic E-state index is 11.9. The number of nitrogens with one attached hydrogen (secondary N) is 2. The van der Waals surface area contributed by atoms with Gasteiger partial charge < -0.3 is 15.4 Å². The van der Waals surface area contributed by atoms with Crippen molar-refractivity contribution in [2.45, 2.75) is 26.8 Å². The molecule has 2 aromatic rings. The number of carbonyl (C=O) groups is 1. The van der Waals surface area contributed by atoms with Crippen LogP contribution in [0.15, 0.2) is 4.47 Å². The molecule has 0 atom stereocenters. The van der Waals surface area contributed by atoms with Crippen LogP contribution in [0.3, 0.4) is 0 Å². The van der Waals surface area contributed by atoms with E-state index < -0.39 is 16.6 Å². The van der Waals surface area contributed by atoms with E-state index in [-0.39, 0.29) is 10.7 Å². The number of nitro groups is 1. The fraction of sp³-hybridized carbons (Fsp3) is 0.417. The summed E-state index contributed by atoms with van der Waals surface area (Å²) < 4.78 is 2.81. The highest BCUT2D eigenvalue weighted by atomic mass is 79.9. The van der Waals surface area contributed by atoms with Gasteiger partial charge in [0.2, 0.25) is 0 Å². The summed E-state index contributed by atoms with van der Waals surface area (Å²) in [5.74, 6) is -1.06. The maximum absolute atomic E-state index is 11.9. The highest BCUT2D eigenvalue weighted by molar-refractivity contribution is 9.10. The second-order valence-corrected chi connectivity index (χ2v) is 5.98. The SMILES string of the molecule is Cc1nn(CCCNC(=O)c2n[nH]c([N+](=O)[O-])c2Cl)c(C)c1Br. The monoisotopic (exact) mass is 404 g/mol. The lowest BCUT2D eigenvalue weighted by Gasteiger charge is -2.05. The molecule has 0 aliphatic rings. The van der Waals surface area contributed by atoms with Gasteiger partial charge in [-0.05, 0) is 41.1 Å². The Hall–Kier alpha value is -1.94. The number of rotatable bonds is 6. The molecule has 124 valence electrons. The number of carbonyl (C=O) groups excluding carboxylic acids is 1. The van der Waals surface area contributed by atoms with Crippen molar-refractivity contribution >= 4 is 39.3 Å². The van der Waals surface area contributed by atoms with Crippen LogP contribution < -0.4 is 5.32 Å². The van der Waals surface area contributed by atoms with E-state index in [9.17, 15) is 14.9 Å². The first-order valence-electron chi connectivity index (χ1n) is 6.69. The van der Waals surface area contributed by atoms with E-state index in [1.807, 2.05) is 18.5 Å². The van der Waals surface area contributed by atoms with E-state index in [0.717, 1.165) is 15.9 Å². The molecule has 0 unspecified atom stereocenters. The van der Waals surface area contributed by atoms with Gasteiger partial charge in [0.25, 0.3) is 5.91 Å². The van der Waals surface area contributed by atoms with Crippen LogP contribution in [0.25, 0.3) is 0 Å². The van der Waals surface area contributed by atoms with Crippen LogP contribution >= 0.6 is 27.5 Å². The minimum Gasteiger partial charge on any atom is -0.358 e. The highest BCUT2D eigenvalue weighted by Gasteiger charge is 2.24. The molecule has 0 spiro atoms. The molecule has 11 heteroatoms. The Morgan fingerprint density at radius 2 is 2.22 bits per heavy atom. The van der Waals surface area contributed by atoms with E-state index >= 15 is 0 Å². The van der Waals surface area contributed by atoms with Crippen LogP contribution in [-0.4, -0.2) is 37.4 Å². The van der Waals surface area contributed by atoms with Gasteiger partial charge in [0.1, 0.15) is 0 Å². The molecule has 0 radical (unpaired) electrons. The number of halogens is 2. The minimum absolute atomic E-state index is 0.188. The van der Waals surface area contributed by atoms with Crippen LogP contribution in [0, 0.1) is 24.0 Å². The van der Waals surface area contributed by atoms with Crippen molar-refractivity contribution in [2.75, 3.05) is 6.54 Å². The molecule has 0 bridgehead atoms. The number of aromatic nitrogens is 4. The second kappa shape index (κ2) is 7.09. The summed E-state index contributed by atoms with van der Waals surface area (Å²) >= 11 is 9.20. The normalized spacial score (nSPS) is 10.8. The topological polar surface area (TPSA) is 119 Å². The first-order valence-corrected chi connectivity index (χ1v) is 7.86. The Bertz CT molecular complexity index is 756. The van der Waals surface area contributed by atoms with Crippen molar-refractivity contribution in [3.8, 4) is 0 Å². The lowest BCUT2D eigenvalue weighted by molar-refractivity contribution is -0.389. The molecule has 23 heavy (non-hydrogen) atoms. The van der Waals surface area contributed by atoms with Gasteiger partial charge in [-0.2, -0.15) is 5.10 Å². The third kappa shape index (κ3) is 3.70. The highest BCUT2D eigenvalue weighted by Crippen LogP contribution is 2.24. The van der Waals surface area contributed by atoms with Crippen molar-refractivity contribution in [1.82, 2.24) is 25.3 Å². The Labute approximate surface area is 144 Å². The van der Waals surface area contributed by atoms with E-state index in [1.165, 1.54) is 0 Å². The Morgan fingerprint density at radius 1 is 1.52 bits per heavy atom. The van der Waals surface area contributed by atoms with Crippen LogP contribution in [0.2, 0.25) is 5.02 Å². The largest absolute Gasteiger partial charge is 0.362 e. The lowest BCUT2D eigenvalue weighted by Crippen LogP contribution is -2.26. The number of hydrogen-bond donors (Lipinski definition) is 2. The third-order valence-corrected chi connectivity index (χ3v) is 4.72. The molecule has 9 nitrogen and oxygen atoms in total. The summed E-state index contributed by atoms with van der Waals surface area (Å²) in [5.41, 5.74) is 1.73. The zero-order valence-corrected chi connectivity index (χ0v) is 14.7. The van der Waals surface area contributed by atoms with E-state index in [1.54, 1.807) is 0 Å². The summed E-state index contributed by atoms with van der Waals surface area (Å²) in [6.45, 7) is 4.85. The lowest BCUT2D eigenvalue weighted by atomic mass is 10.3. The Balaban J connectivity index is 1.88. The molecule has 0 aromatic carbocycles. The van der Waals surface area contributed by atoms with Gasteiger partial charge in [-0.25, -0.2) is 0 Å². The first-order chi connectivity index (χ1) is 10.8. The van der Waals surface area contributed by atoms with Crippen LogP contribution in [-0.2, 0) is 6.54 Å². The standard InChI is InChI=1S/C12H14BrClN6O3/c1-6-8(13)7(2)19(18-6)5-3-4-15-12(21)10-9(14)11(17-16-10)20(22)23/h3-5H2,1-2H3,(H,15,21)(H,16,17). The molecule has 0 aliphatic carbocycles. The molecule has 0 saturated carbocycles. The van der Waals surface area contributed by atoms with Crippen LogP contribution in [0.5, 0.6) is 0 Å². The number of nitrogens with zero attached hydrogens (tertiary/aromatic N) is 4. The Kier molecular flexibility index (Phi) is 5.37. The van der Waals surface area contributed by atoms with Gasteiger partial charge in [0.05, 0.1) is 10.2 Å². The van der Waals surface area contributed by atoms with Crippen molar-refractivity contribution in [1.29, 1.82) is 0 Å². The predicted molar refractivity (Wildman–Crippen MR) is 86.6 cm³/mol.